The Morgan fingerprint density at radius 1 is 1.42 bits per heavy atom. The van der Waals surface area contributed by atoms with Gasteiger partial charge in [-0.3, -0.25) is 0 Å². The highest BCUT2D eigenvalue weighted by atomic mass is 32.2. The van der Waals surface area contributed by atoms with Gasteiger partial charge in [0.25, 0.3) is 0 Å². The van der Waals surface area contributed by atoms with E-state index in [9.17, 15) is 18.3 Å². The topological polar surface area (TPSA) is 94.9 Å². The summed E-state index contributed by atoms with van der Waals surface area (Å²) in [6.07, 6.45) is 0.692. The summed E-state index contributed by atoms with van der Waals surface area (Å²) in [4.78, 5) is 10.7. The Morgan fingerprint density at radius 2 is 2.00 bits per heavy atom. The zero-order valence-electron chi connectivity index (χ0n) is 10.4. The van der Waals surface area contributed by atoms with Crippen molar-refractivity contribution < 1.29 is 23.4 Å². The molecule has 1 aliphatic heterocycles. The van der Waals surface area contributed by atoms with E-state index in [-0.39, 0.29) is 22.9 Å². The lowest BCUT2D eigenvalue weighted by Crippen LogP contribution is -2.45. The molecule has 0 aromatic carbocycles. The molecule has 8 heteroatoms. The fourth-order valence-corrected chi connectivity index (χ4v) is 4.68. The third-order valence-electron chi connectivity index (χ3n) is 3.24. The van der Waals surface area contributed by atoms with E-state index in [4.69, 9.17) is 5.11 Å². The number of carboxylic acid groups (broad SMARTS) is 1. The van der Waals surface area contributed by atoms with E-state index in [0.29, 0.717) is 12.8 Å². The summed E-state index contributed by atoms with van der Waals surface area (Å²) in [5.74, 6) is -1.24. The molecule has 1 saturated heterocycles. The van der Waals surface area contributed by atoms with Gasteiger partial charge in [0.05, 0.1) is 5.60 Å². The van der Waals surface area contributed by atoms with Crippen molar-refractivity contribution in [3.05, 3.63) is 16.3 Å². The molecule has 0 bridgehead atoms. The van der Waals surface area contributed by atoms with E-state index in [1.807, 2.05) is 0 Å². The van der Waals surface area contributed by atoms with Crippen molar-refractivity contribution in [1.82, 2.24) is 4.31 Å². The molecule has 0 atom stereocenters. The highest BCUT2D eigenvalue weighted by Crippen LogP contribution is 2.29. The first-order valence-corrected chi connectivity index (χ1v) is 8.09. The Labute approximate surface area is 115 Å². The van der Waals surface area contributed by atoms with Crippen LogP contribution >= 0.6 is 11.3 Å². The number of piperidine rings is 1. The van der Waals surface area contributed by atoms with Gasteiger partial charge in [-0.2, -0.15) is 4.31 Å². The summed E-state index contributed by atoms with van der Waals surface area (Å²) >= 11 is 0.894. The number of sulfonamides is 1. The molecule has 0 spiro atoms. The van der Waals surface area contributed by atoms with Gasteiger partial charge in [0.2, 0.25) is 10.0 Å². The molecule has 2 rings (SSSR count). The van der Waals surface area contributed by atoms with Crippen LogP contribution in [0, 0.1) is 0 Å². The fourth-order valence-electron chi connectivity index (χ4n) is 2.00. The standard InChI is InChI=1S/C11H15NO5S2/c1-11(15)3-5-12(6-4-11)19(16,17)8-2-7-18-9(8)10(13)14/h2,7,15H,3-6H2,1H3,(H,13,14). The molecular weight excluding hydrogens is 290 g/mol. The molecule has 2 N–H and O–H groups in total. The largest absolute Gasteiger partial charge is 0.477 e. The van der Waals surface area contributed by atoms with E-state index < -0.39 is 21.6 Å². The maximum Gasteiger partial charge on any atom is 0.347 e. The fraction of sp³-hybridized carbons (Fsp3) is 0.545. The van der Waals surface area contributed by atoms with Crippen LogP contribution in [-0.4, -0.2) is 47.6 Å². The Balaban J connectivity index is 2.29. The highest BCUT2D eigenvalue weighted by molar-refractivity contribution is 7.89. The van der Waals surface area contributed by atoms with E-state index in [0.717, 1.165) is 11.3 Å². The number of carbonyl (C=O) groups is 1. The molecule has 0 radical (unpaired) electrons. The van der Waals surface area contributed by atoms with Gasteiger partial charge in [-0.1, -0.05) is 0 Å². The van der Waals surface area contributed by atoms with E-state index in [2.05, 4.69) is 0 Å². The van der Waals surface area contributed by atoms with E-state index in [1.54, 1.807) is 6.92 Å². The van der Waals surface area contributed by atoms with Crippen LogP contribution in [0.4, 0.5) is 0 Å². The summed E-state index contributed by atoms with van der Waals surface area (Å²) in [6, 6.07) is 1.32. The second-order valence-corrected chi connectivity index (χ2v) is 7.64. The summed E-state index contributed by atoms with van der Waals surface area (Å²) in [5, 5.41) is 20.3. The second kappa shape index (κ2) is 4.86. The second-order valence-electron chi connectivity index (χ2n) is 4.82. The van der Waals surface area contributed by atoms with Crippen molar-refractivity contribution in [2.75, 3.05) is 13.1 Å². The smallest absolute Gasteiger partial charge is 0.347 e. The minimum Gasteiger partial charge on any atom is -0.477 e. The lowest BCUT2D eigenvalue weighted by molar-refractivity contribution is 0.0125. The normalized spacial score (nSPS) is 20.3. The quantitative estimate of drug-likeness (QED) is 0.868. The van der Waals surface area contributed by atoms with Crippen molar-refractivity contribution in [2.24, 2.45) is 0 Å². The number of carboxylic acids is 1. The van der Waals surface area contributed by atoms with Gasteiger partial charge in [0.1, 0.15) is 9.77 Å². The molecular formula is C11H15NO5S2. The van der Waals surface area contributed by atoms with Gasteiger partial charge < -0.3 is 10.2 Å². The lowest BCUT2D eigenvalue weighted by Gasteiger charge is -2.34. The van der Waals surface area contributed by atoms with Gasteiger partial charge in [-0.25, -0.2) is 13.2 Å². The summed E-state index contributed by atoms with van der Waals surface area (Å²) < 4.78 is 26.0. The predicted molar refractivity (Wildman–Crippen MR) is 69.9 cm³/mol. The number of hydrogen-bond acceptors (Lipinski definition) is 5. The minimum absolute atomic E-state index is 0.161. The highest BCUT2D eigenvalue weighted by Gasteiger charge is 2.36. The molecule has 2 heterocycles. The summed E-state index contributed by atoms with van der Waals surface area (Å²) in [7, 11) is -3.79. The van der Waals surface area contributed by atoms with Crippen molar-refractivity contribution in [3.63, 3.8) is 0 Å². The van der Waals surface area contributed by atoms with Crippen molar-refractivity contribution in [3.8, 4) is 0 Å². The van der Waals surface area contributed by atoms with Crippen LogP contribution in [0.3, 0.4) is 0 Å². The number of rotatable bonds is 3. The van der Waals surface area contributed by atoms with Gasteiger partial charge in [-0.15, -0.1) is 11.3 Å². The number of aromatic carboxylic acids is 1. The minimum atomic E-state index is -3.79. The molecule has 1 aliphatic rings. The van der Waals surface area contributed by atoms with Crippen LogP contribution < -0.4 is 0 Å². The number of thiophene rings is 1. The molecule has 0 aliphatic carbocycles. The first kappa shape index (κ1) is 14.4. The first-order valence-electron chi connectivity index (χ1n) is 5.77. The van der Waals surface area contributed by atoms with Crippen LogP contribution in [0.15, 0.2) is 16.3 Å². The van der Waals surface area contributed by atoms with Crippen LogP contribution in [0.25, 0.3) is 0 Å². The van der Waals surface area contributed by atoms with Gasteiger partial charge in [0, 0.05) is 13.1 Å². The molecule has 106 valence electrons. The summed E-state index contributed by atoms with van der Waals surface area (Å²) in [5.41, 5.74) is -0.851. The van der Waals surface area contributed by atoms with Crippen molar-refractivity contribution >= 4 is 27.3 Å². The van der Waals surface area contributed by atoms with Crippen molar-refractivity contribution in [1.29, 1.82) is 0 Å². The zero-order valence-corrected chi connectivity index (χ0v) is 12.0. The number of aliphatic hydroxyl groups is 1. The molecule has 6 nitrogen and oxygen atoms in total. The predicted octanol–water partition coefficient (Wildman–Crippen LogP) is 0.982. The average molecular weight is 305 g/mol. The number of nitrogens with zero attached hydrogens (tertiary/aromatic N) is 1. The zero-order chi connectivity index (χ0) is 14.3. The molecule has 0 unspecified atom stereocenters. The molecule has 19 heavy (non-hydrogen) atoms. The lowest BCUT2D eigenvalue weighted by atomic mass is 9.95. The van der Waals surface area contributed by atoms with Gasteiger partial charge in [0.15, 0.2) is 0 Å². The molecule has 0 amide bonds. The maximum absolute atomic E-state index is 12.4. The molecule has 1 aromatic rings. The van der Waals surface area contributed by atoms with Crippen LogP contribution in [-0.2, 0) is 10.0 Å². The SMILES string of the molecule is CC1(O)CCN(S(=O)(=O)c2ccsc2C(=O)O)CC1. The van der Waals surface area contributed by atoms with E-state index in [1.165, 1.54) is 15.8 Å². The Morgan fingerprint density at radius 3 is 2.53 bits per heavy atom. The monoisotopic (exact) mass is 305 g/mol. The molecule has 1 aromatic heterocycles. The first-order chi connectivity index (χ1) is 8.74. The van der Waals surface area contributed by atoms with Crippen molar-refractivity contribution in [2.45, 2.75) is 30.3 Å². The van der Waals surface area contributed by atoms with Crippen LogP contribution in [0.1, 0.15) is 29.4 Å². The third kappa shape index (κ3) is 2.81. The number of hydrogen-bond donors (Lipinski definition) is 2. The van der Waals surface area contributed by atoms with Gasteiger partial charge in [-0.05, 0) is 31.2 Å². The summed E-state index contributed by atoms with van der Waals surface area (Å²) in [6.45, 7) is 2.07. The van der Waals surface area contributed by atoms with Crippen LogP contribution in [0.2, 0.25) is 0 Å². The van der Waals surface area contributed by atoms with E-state index >= 15 is 0 Å². The Bertz CT molecular complexity index is 580. The molecule has 1 fully saturated rings. The Kier molecular flexibility index (Phi) is 3.69. The third-order valence-corrected chi connectivity index (χ3v) is 6.21. The Hall–Kier alpha value is -0.960. The van der Waals surface area contributed by atoms with Crippen LogP contribution in [0.5, 0.6) is 0 Å². The average Bonchev–Trinajstić information content (AvgIpc) is 2.77. The van der Waals surface area contributed by atoms with Gasteiger partial charge >= 0.3 is 5.97 Å². The maximum atomic E-state index is 12.4. The molecule has 0 saturated carbocycles.